The Kier molecular flexibility index (Phi) is 7.06. The van der Waals surface area contributed by atoms with E-state index in [2.05, 4.69) is 24.3 Å². The molecule has 0 saturated carbocycles. The molecule has 1 aromatic heterocycles. The van der Waals surface area contributed by atoms with Gasteiger partial charge in [0.2, 0.25) is 0 Å². The minimum absolute atomic E-state index is 0.194. The summed E-state index contributed by atoms with van der Waals surface area (Å²) in [5, 5.41) is 6.82. The van der Waals surface area contributed by atoms with Crippen LogP contribution in [-0.4, -0.2) is 24.3 Å². The summed E-state index contributed by atoms with van der Waals surface area (Å²) in [6, 6.07) is 5.58. The molecule has 0 bridgehead atoms. The molecule has 0 saturated heterocycles. The van der Waals surface area contributed by atoms with Gasteiger partial charge in [0.1, 0.15) is 11.3 Å². The third-order valence-electron chi connectivity index (χ3n) is 4.00. The van der Waals surface area contributed by atoms with Crippen molar-refractivity contribution in [2.24, 2.45) is 0 Å². The van der Waals surface area contributed by atoms with Crippen LogP contribution in [0.1, 0.15) is 67.0 Å². The summed E-state index contributed by atoms with van der Waals surface area (Å²) in [7, 11) is 0. The summed E-state index contributed by atoms with van der Waals surface area (Å²) in [4.78, 5) is 12.5. The van der Waals surface area contributed by atoms with E-state index in [1.807, 2.05) is 25.1 Å². The number of benzene rings is 1. The smallest absolute Gasteiger partial charge is 0.257 e. The van der Waals surface area contributed by atoms with Gasteiger partial charge in [0.15, 0.2) is 11.5 Å². The highest BCUT2D eigenvalue weighted by atomic mass is 16.5. The molecular formula is C20H28N2O4. The molecule has 2 aromatic rings. The molecule has 0 aliphatic carbocycles. The van der Waals surface area contributed by atoms with Crippen molar-refractivity contribution in [1.29, 1.82) is 0 Å². The zero-order valence-corrected chi connectivity index (χ0v) is 16.2. The number of hydrogen-bond acceptors (Lipinski definition) is 5. The van der Waals surface area contributed by atoms with E-state index in [4.69, 9.17) is 14.0 Å². The fourth-order valence-electron chi connectivity index (χ4n) is 2.61. The third kappa shape index (κ3) is 4.77. The van der Waals surface area contributed by atoms with Crippen LogP contribution >= 0.6 is 0 Å². The first-order valence-corrected chi connectivity index (χ1v) is 9.11. The van der Waals surface area contributed by atoms with Crippen LogP contribution in [0, 0.1) is 13.8 Å². The fraction of sp³-hybridized carbons (Fsp3) is 0.500. The van der Waals surface area contributed by atoms with Crippen molar-refractivity contribution in [1.82, 2.24) is 10.5 Å². The molecule has 1 aromatic carbocycles. The van der Waals surface area contributed by atoms with Gasteiger partial charge in [0, 0.05) is 0 Å². The maximum Gasteiger partial charge on any atom is 0.257 e. The van der Waals surface area contributed by atoms with E-state index in [9.17, 15) is 4.79 Å². The molecule has 1 N–H and O–H groups in total. The second-order valence-electron chi connectivity index (χ2n) is 6.30. The number of rotatable bonds is 9. The molecule has 1 unspecified atom stereocenters. The first-order valence-electron chi connectivity index (χ1n) is 9.11. The lowest BCUT2D eigenvalue weighted by molar-refractivity contribution is 0.0937. The van der Waals surface area contributed by atoms with Crippen LogP contribution in [0.4, 0.5) is 0 Å². The van der Waals surface area contributed by atoms with E-state index in [-0.39, 0.29) is 11.9 Å². The number of hydrogen-bond donors (Lipinski definition) is 1. The van der Waals surface area contributed by atoms with Crippen molar-refractivity contribution in [3.05, 3.63) is 40.8 Å². The Hall–Kier alpha value is -2.50. The second kappa shape index (κ2) is 9.27. The summed E-state index contributed by atoms with van der Waals surface area (Å²) in [6.07, 6.45) is 1.84. The first-order chi connectivity index (χ1) is 12.5. The Labute approximate surface area is 154 Å². The average molecular weight is 360 g/mol. The number of aromatic nitrogens is 1. The number of amides is 1. The van der Waals surface area contributed by atoms with Crippen LogP contribution < -0.4 is 14.8 Å². The molecule has 1 amide bonds. The average Bonchev–Trinajstić information content (AvgIpc) is 2.96. The number of carbonyl (C=O) groups is 1. The van der Waals surface area contributed by atoms with Gasteiger partial charge in [-0.25, -0.2) is 0 Å². The van der Waals surface area contributed by atoms with Crippen LogP contribution in [0.2, 0.25) is 0 Å². The lowest BCUT2D eigenvalue weighted by atomic mass is 10.1. The van der Waals surface area contributed by atoms with Gasteiger partial charge in [-0.1, -0.05) is 25.1 Å². The minimum atomic E-state index is -0.198. The van der Waals surface area contributed by atoms with Gasteiger partial charge >= 0.3 is 0 Å². The van der Waals surface area contributed by atoms with Crippen LogP contribution in [-0.2, 0) is 0 Å². The molecule has 0 aliphatic heterocycles. The Morgan fingerprint density at radius 1 is 1.15 bits per heavy atom. The molecule has 6 nitrogen and oxygen atoms in total. The summed E-state index contributed by atoms with van der Waals surface area (Å²) in [5.74, 6) is 1.75. The SMILES string of the molecule is CCCOc1ccc(C(C)NC(=O)c2c(C)noc2C)cc1OCCC. The molecule has 0 spiro atoms. The molecule has 6 heteroatoms. The van der Waals surface area contributed by atoms with Crippen molar-refractivity contribution in [3.63, 3.8) is 0 Å². The molecule has 0 aliphatic rings. The van der Waals surface area contributed by atoms with Crippen LogP contribution in [0.5, 0.6) is 11.5 Å². The Morgan fingerprint density at radius 2 is 1.81 bits per heavy atom. The Bertz CT molecular complexity index is 720. The molecule has 0 radical (unpaired) electrons. The Morgan fingerprint density at radius 3 is 2.38 bits per heavy atom. The fourth-order valence-corrected chi connectivity index (χ4v) is 2.61. The van der Waals surface area contributed by atoms with Crippen LogP contribution in [0.15, 0.2) is 22.7 Å². The highest BCUT2D eigenvalue weighted by Crippen LogP contribution is 2.31. The van der Waals surface area contributed by atoms with Gasteiger partial charge in [0.05, 0.1) is 24.9 Å². The van der Waals surface area contributed by atoms with E-state index < -0.39 is 0 Å². The van der Waals surface area contributed by atoms with Gasteiger partial charge in [-0.2, -0.15) is 0 Å². The van der Waals surface area contributed by atoms with E-state index in [1.54, 1.807) is 13.8 Å². The number of nitrogens with one attached hydrogen (secondary N) is 1. The van der Waals surface area contributed by atoms with Crippen molar-refractivity contribution >= 4 is 5.91 Å². The zero-order valence-electron chi connectivity index (χ0n) is 16.2. The second-order valence-corrected chi connectivity index (χ2v) is 6.30. The van der Waals surface area contributed by atoms with E-state index in [0.29, 0.717) is 36.0 Å². The minimum Gasteiger partial charge on any atom is -0.490 e. The van der Waals surface area contributed by atoms with Gasteiger partial charge in [-0.05, 0) is 51.3 Å². The summed E-state index contributed by atoms with van der Waals surface area (Å²) in [5.41, 5.74) is 2.02. The summed E-state index contributed by atoms with van der Waals surface area (Å²) >= 11 is 0. The highest BCUT2D eigenvalue weighted by Gasteiger charge is 2.20. The topological polar surface area (TPSA) is 73.6 Å². The monoisotopic (exact) mass is 360 g/mol. The number of ether oxygens (including phenoxy) is 2. The van der Waals surface area contributed by atoms with Crippen molar-refractivity contribution in [2.45, 2.75) is 53.5 Å². The lowest BCUT2D eigenvalue weighted by Gasteiger charge is -2.18. The first kappa shape index (κ1) is 19.8. The van der Waals surface area contributed by atoms with Crippen LogP contribution in [0.3, 0.4) is 0 Å². The summed E-state index contributed by atoms with van der Waals surface area (Å²) < 4.78 is 16.7. The predicted molar refractivity (Wildman–Crippen MR) is 99.9 cm³/mol. The largest absolute Gasteiger partial charge is 0.490 e. The molecule has 0 fully saturated rings. The molecule has 1 atom stereocenters. The lowest BCUT2D eigenvalue weighted by Crippen LogP contribution is -2.27. The van der Waals surface area contributed by atoms with Crippen molar-refractivity contribution in [2.75, 3.05) is 13.2 Å². The van der Waals surface area contributed by atoms with Crippen LogP contribution in [0.25, 0.3) is 0 Å². The van der Waals surface area contributed by atoms with Crippen molar-refractivity contribution in [3.8, 4) is 11.5 Å². The molecule has 2 rings (SSSR count). The third-order valence-corrected chi connectivity index (χ3v) is 4.00. The highest BCUT2D eigenvalue weighted by molar-refractivity contribution is 5.96. The quantitative estimate of drug-likeness (QED) is 0.719. The number of aryl methyl sites for hydroxylation is 2. The van der Waals surface area contributed by atoms with Gasteiger partial charge in [-0.15, -0.1) is 0 Å². The normalized spacial score (nSPS) is 11.9. The Balaban J connectivity index is 2.17. The van der Waals surface area contributed by atoms with E-state index in [0.717, 1.165) is 24.2 Å². The maximum atomic E-state index is 12.5. The summed E-state index contributed by atoms with van der Waals surface area (Å²) in [6.45, 7) is 10.8. The number of carbonyl (C=O) groups excluding carboxylic acids is 1. The predicted octanol–water partition coefficient (Wildman–Crippen LogP) is 4.36. The number of nitrogens with zero attached hydrogens (tertiary/aromatic N) is 1. The molecular weight excluding hydrogens is 332 g/mol. The maximum absolute atomic E-state index is 12.5. The molecule has 26 heavy (non-hydrogen) atoms. The van der Waals surface area contributed by atoms with Gasteiger partial charge in [0.25, 0.3) is 5.91 Å². The van der Waals surface area contributed by atoms with E-state index >= 15 is 0 Å². The van der Waals surface area contributed by atoms with E-state index in [1.165, 1.54) is 0 Å². The molecule has 142 valence electrons. The van der Waals surface area contributed by atoms with Gasteiger partial charge in [-0.3, -0.25) is 4.79 Å². The van der Waals surface area contributed by atoms with Crippen molar-refractivity contribution < 1.29 is 18.8 Å². The standard InChI is InChI=1S/C20H28N2O4/c1-6-10-24-17-9-8-16(12-18(17)25-11-7-2)13(3)21-20(23)19-14(4)22-26-15(19)5/h8-9,12-13H,6-7,10-11H2,1-5H3,(H,21,23). The molecule has 1 heterocycles. The van der Waals surface area contributed by atoms with Gasteiger partial charge < -0.3 is 19.3 Å². The zero-order chi connectivity index (χ0) is 19.1.